The molecule has 0 radical (unpaired) electrons. The first-order valence-corrected chi connectivity index (χ1v) is 8.05. The maximum Gasteiger partial charge on any atom is 0.259 e. The summed E-state index contributed by atoms with van der Waals surface area (Å²) in [6.07, 6.45) is -0.703. The van der Waals surface area contributed by atoms with Gasteiger partial charge in [-0.25, -0.2) is 8.78 Å². The lowest BCUT2D eigenvalue weighted by molar-refractivity contribution is 0.102. The maximum atomic E-state index is 12.6. The number of benzene rings is 1. The fourth-order valence-corrected chi connectivity index (χ4v) is 3.78. The number of carbonyl (C=O) groups excluding carboxylic acids is 1. The molecule has 24 heavy (non-hydrogen) atoms. The molecule has 0 aliphatic heterocycles. The zero-order valence-corrected chi connectivity index (χ0v) is 14.0. The molecule has 2 N–H and O–H groups in total. The Balaban J connectivity index is 1.90. The summed E-state index contributed by atoms with van der Waals surface area (Å²) in [5, 5.41) is 9.15. The van der Waals surface area contributed by atoms with Crippen molar-refractivity contribution < 1.29 is 13.6 Å². The molecule has 6 heteroatoms. The van der Waals surface area contributed by atoms with Crippen molar-refractivity contribution >= 4 is 11.6 Å². The minimum atomic E-state index is -2.54. The number of anilines is 1. The van der Waals surface area contributed by atoms with Gasteiger partial charge in [0.15, 0.2) is 0 Å². The fourth-order valence-electron chi connectivity index (χ4n) is 3.78. The summed E-state index contributed by atoms with van der Waals surface area (Å²) in [6.45, 7) is 6.53. The van der Waals surface area contributed by atoms with E-state index in [-0.39, 0.29) is 16.7 Å². The van der Waals surface area contributed by atoms with Crippen LogP contribution in [0.15, 0.2) is 24.4 Å². The lowest BCUT2D eigenvalue weighted by Gasteiger charge is -2.19. The molecule has 2 aromatic rings. The van der Waals surface area contributed by atoms with Gasteiger partial charge in [-0.1, -0.05) is 32.9 Å². The number of fused-ring (bicyclic) bond motifs is 1. The number of H-pyrrole nitrogens is 1. The summed E-state index contributed by atoms with van der Waals surface area (Å²) >= 11 is 0. The Morgan fingerprint density at radius 1 is 1.46 bits per heavy atom. The molecule has 1 unspecified atom stereocenters. The van der Waals surface area contributed by atoms with Gasteiger partial charge < -0.3 is 5.32 Å². The summed E-state index contributed by atoms with van der Waals surface area (Å²) in [5.74, 6) is -0.0823. The van der Waals surface area contributed by atoms with E-state index in [0.717, 1.165) is 17.7 Å². The molecular formula is C18H21F2N3O. The van der Waals surface area contributed by atoms with Crippen LogP contribution in [0.3, 0.4) is 0 Å². The molecule has 1 aliphatic carbocycles. The molecule has 1 aliphatic rings. The molecular weight excluding hydrogens is 312 g/mol. The van der Waals surface area contributed by atoms with Gasteiger partial charge in [0, 0.05) is 11.9 Å². The Morgan fingerprint density at radius 3 is 2.92 bits per heavy atom. The second-order valence-electron chi connectivity index (χ2n) is 7.05. The third-order valence-corrected chi connectivity index (χ3v) is 4.70. The Kier molecular flexibility index (Phi) is 4.15. The van der Waals surface area contributed by atoms with Gasteiger partial charge in [0.1, 0.15) is 0 Å². The first-order chi connectivity index (χ1) is 11.3. The predicted octanol–water partition coefficient (Wildman–Crippen LogP) is 4.25. The number of hydrogen-bond donors (Lipinski definition) is 2. The summed E-state index contributed by atoms with van der Waals surface area (Å²) in [7, 11) is 0. The summed E-state index contributed by atoms with van der Waals surface area (Å²) < 4.78 is 25.2. The highest BCUT2D eigenvalue weighted by Crippen LogP contribution is 2.48. The number of carbonyl (C=O) groups is 1. The zero-order valence-electron chi connectivity index (χ0n) is 14.0. The van der Waals surface area contributed by atoms with Crippen LogP contribution < -0.4 is 5.32 Å². The molecule has 0 saturated carbocycles. The molecule has 0 saturated heterocycles. The zero-order chi connectivity index (χ0) is 17.5. The Bertz CT molecular complexity index is 767. The van der Waals surface area contributed by atoms with Crippen LogP contribution in [0.1, 0.15) is 60.3 Å². The smallest absolute Gasteiger partial charge is 0.259 e. The van der Waals surface area contributed by atoms with Crippen LogP contribution in [0.4, 0.5) is 14.5 Å². The molecule has 0 bridgehead atoms. The van der Waals surface area contributed by atoms with E-state index in [9.17, 15) is 13.6 Å². The van der Waals surface area contributed by atoms with Crippen molar-refractivity contribution in [1.29, 1.82) is 0 Å². The van der Waals surface area contributed by atoms with Crippen LogP contribution in [-0.2, 0) is 11.8 Å². The monoisotopic (exact) mass is 333 g/mol. The van der Waals surface area contributed by atoms with Crippen molar-refractivity contribution in [2.45, 2.75) is 51.4 Å². The molecule has 0 spiro atoms. The highest BCUT2D eigenvalue weighted by molar-refractivity contribution is 6.05. The summed E-state index contributed by atoms with van der Waals surface area (Å²) in [6, 6.07) is 5.87. The first-order valence-electron chi connectivity index (χ1n) is 8.05. The summed E-state index contributed by atoms with van der Waals surface area (Å²) in [5.41, 5.74) is 3.43. The molecule has 128 valence electrons. The van der Waals surface area contributed by atoms with Crippen molar-refractivity contribution in [1.82, 2.24) is 10.2 Å². The average Bonchev–Trinajstić information content (AvgIpc) is 3.02. The van der Waals surface area contributed by atoms with Crippen molar-refractivity contribution in [3.8, 4) is 0 Å². The van der Waals surface area contributed by atoms with E-state index in [1.165, 1.54) is 11.8 Å². The van der Waals surface area contributed by atoms with Crippen LogP contribution in [0.5, 0.6) is 0 Å². The van der Waals surface area contributed by atoms with E-state index in [2.05, 4.69) is 42.4 Å². The van der Waals surface area contributed by atoms with Gasteiger partial charge in [-0.3, -0.25) is 9.89 Å². The molecule has 4 nitrogen and oxygen atoms in total. The molecule has 0 fully saturated rings. The van der Waals surface area contributed by atoms with E-state index < -0.39 is 18.8 Å². The Hall–Kier alpha value is -2.24. The molecule has 3 rings (SSSR count). The van der Waals surface area contributed by atoms with Crippen LogP contribution >= 0.6 is 0 Å². The van der Waals surface area contributed by atoms with Gasteiger partial charge in [-0.05, 0) is 34.9 Å². The lowest BCUT2D eigenvalue weighted by atomic mass is 9.86. The van der Waals surface area contributed by atoms with Gasteiger partial charge in [0.25, 0.3) is 5.91 Å². The number of aromatic amines is 1. The number of alkyl halides is 2. The van der Waals surface area contributed by atoms with Gasteiger partial charge in [-0.2, -0.15) is 5.10 Å². The Labute approximate surface area is 139 Å². The minimum absolute atomic E-state index is 0.0615. The number of rotatable bonds is 4. The van der Waals surface area contributed by atoms with Crippen molar-refractivity contribution in [3.05, 3.63) is 46.8 Å². The SMILES string of the molecule is CC1CC(C)(C)c2cccc(NC(=O)c3c[nH]nc3CC(F)F)c21. The van der Waals surface area contributed by atoms with E-state index in [1.54, 1.807) is 0 Å². The number of aromatic nitrogens is 2. The second kappa shape index (κ2) is 6.00. The van der Waals surface area contributed by atoms with Crippen LogP contribution in [-0.4, -0.2) is 22.5 Å². The number of halogens is 2. The molecule has 1 heterocycles. The van der Waals surface area contributed by atoms with Crippen LogP contribution in [0, 0.1) is 0 Å². The highest BCUT2D eigenvalue weighted by Gasteiger charge is 2.36. The van der Waals surface area contributed by atoms with Crippen molar-refractivity contribution in [3.63, 3.8) is 0 Å². The van der Waals surface area contributed by atoms with E-state index >= 15 is 0 Å². The van der Waals surface area contributed by atoms with Crippen molar-refractivity contribution in [2.75, 3.05) is 5.32 Å². The van der Waals surface area contributed by atoms with Gasteiger partial charge in [0.05, 0.1) is 17.7 Å². The molecule has 1 amide bonds. The highest BCUT2D eigenvalue weighted by atomic mass is 19.3. The van der Waals surface area contributed by atoms with Gasteiger partial charge in [-0.15, -0.1) is 0 Å². The topological polar surface area (TPSA) is 57.8 Å². The molecule has 1 aromatic carbocycles. The molecule has 1 atom stereocenters. The average molecular weight is 333 g/mol. The predicted molar refractivity (Wildman–Crippen MR) is 88.7 cm³/mol. The quantitative estimate of drug-likeness (QED) is 0.878. The normalized spacial score (nSPS) is 18.7. The third kappa shape index (κ3) is 2.92. The van der Waals surface area contributed by atoms with Crippen LogP contribution in [0.2, 0.25) is 0 Å². The number of hydrogen-bond acceptors (Lipinski definition) is 2. The van der Waals surface area contributed by atoms with E-state index in [1.807, 2.05) is 12.1 Å². The standard InChI is InChI=1S/C18H21F2N3O/c1-10-8-18(2,3)12-5-4-6-13(16(10)12)22-17(24)11-9-21-23-14(11)7-15(19)20/h4-6,9-10,15H,7-8H2,1-3H3,(H,21,23)(H,22,24). The number of amides is 1. The minimum Gasteiger partial charge on any atom is -0.322 e. The van der Waals surface area contributed by atoms with E-state index in [4.69, 9.17) is 0 Å². The van der Waals surface area contributed by atoms with Crippen LogP contribution in [0.25, 0.3) is 0 Å². The largest absolute Gasteiger partial charge is 0.322 e. The van der Waals surface area contributed by atoms with E-state index in [0.29, 0.717) is 5.92 Å². The maximum absolute atomic E-state index is 12.6. The third-order valence-electron chi connectivity index (χ3n) is 4.70. The number of nitrogens with zero attached hydrogens (tertiary/aromatic N) is 1. The second-order valence-corrected chi connectivity index (χ2v) is 7.05. The fraction of sp³-hybridized carbons (Fsp3) is 0.444. The van der Waals surface area contributed by atoms with Crippen molar-refractivity contribution in [2.24, 2.45) is 0 Å². The number of nitrogens with one attached hydrogen (secondary N) is 2. The van der Waals surface area contributed by atoms with Gasteiger partial charge >= 0.3 is 0 Å². The van der Waals surface area contributed by atoms with Gasteiger partial charge in [0.2, 0.25) is 6.43 Å². The first kappa shape index (κ1) is 16.6. The molecule has 1 aromatic heterocycles. The lowest BCUT2D eigenvalue weighted by Crippen LogP contribution is -2.16. The Morgan fingerprint density at radius 2 is 2.21 bits per heavy atom. The summed E-state index contributed by atoms with van der Waals surface area (Å²) in [4.78, 5) is 12.5.